The van der Waals surface area contributed by atoms with Crippen LogP contribution in [0.25, 0.3) is 0 Å². The second-order valence-corrected chi connectivity index (χ2v) is 8.50. The number of carbonyl (C=O) groups is 1. The molecular weight excluding hydrogens is 566 g/mol. The zero-order chi connectivity index (χ0) is 20.6. The van der Waals surface area contributed by atoms with E-state index in [1.807, 2.05) is 66.7 Å². The van der Waals surface area contributed by atoms with Crippen molar-refractivity contribution in [1.29, 1.82) is 0 Å². The van der Waals surface area contributed by atoms with Crippen molar-refractivity contribution in [3.63, 3.8) is 0 Å². The van der Waals surface area contributed by atoms with E-state index in [-0.39, 0.29) is 12.5 Å². The van der Waals surface area contributed by atoms with Gasteiger partial charge in [0.25, 0.3) is 5.91 Å². The predicted molar refractivity (Wildman–Crippen MR) is 127 cm³/mol. The summed E-state index contributed by atoms with van der Waals surface area (Å²) in [6.45, 7) is 0.0767. The molecule has 0 unspecified atom stereocenters. The van der Waals surface area contributed by atoms with Gasteiger partial charge in [-0.15, -0.1) is 0 Å². The van der Waals surface area contributed by atoms with Crippen LogP contribution in [0.4, 0.5) is 5.69 Å². The van der Waals surface area contributed by atoms with Gasteiger partial charge in [0.15, 0.2) is 0 Å². The van der Waals surface area contributed by atoms with E-state index in [1.54, 1.807) is 6.21 Å². The molecule has 5 nitrogen and oxygen atoms in total. The van der Waals surface area contributed by atoms with Crippen molar-refractivity contribution >= 4 is 65.6 Å². The SMILES string of the molecule is O=C(CNc1c(Br)cc(Br)cc1Br)N/N=C\c1cccc(Oc2ccccc2)c1. The fourth-order valence-electron chi connectivity index (χ4n) is 2.38. The molecule has 0 bridgehead atoms. The second-order valence-electron chi connectivity index (χ2n) is 5.88. The quantitative estimate of drug-likeness (QED) is 0.253. The molecule has 2 N–H and O–H groups in total. The van der Waals surface area contributed by atoms with Gasteiger partial charge < -0.3 is 10.1 Å². The summed E-state index contributed by atoms with van der Waals surface area (Å²) in [6, 6.07) is 20.8. The molecule has 3 rings (SSSR count). The molecule has 0 spiro atoms. The Bertz CT molecular complexity index is 1000. The molecule has 0 aliphatic carbocycles. The lowest BCUT2D eigenvalue weighted by atomic mass is 10.2. The second kappa shape index (κ2) is 10.6. The highest BCUT2D eigenvalue weighted by molar-refractivity contribution is 9.11. The average Bonchev–Trinajstić information content (AvgIpc) is 2.68. The maximum Gasteiger partial charge on any atom is 0.259 e. The number of benzene rings is 3. The molecule has 0 heterocycles. The van der Waals surface area contributed by atoms with Gasteiger partial charge in [-0.1, -0.05) is 46.3 Å². The number of anilines is 1. The number of hydrazone groups is 1. The number of nitrogens with zero attached hydrogens (tertiary/aromatic N) is 1. The number of ether oxygens (including phenoxy) is 1. The fourth-order valence-corrected chi connectivity index (χ4v) is 4.92. The molecule has 148 valence electrons. The standard InChI is InChI=1S/C21H16Br3N3O2/c22-15-10-18(23)21(19(24)11-15)25-13-20(28)27-26-12-14-5-4-8-17(9-14)29-16-6-2-1-3-7-16/h1-12,25H,13H2,(H,27,28)/b26-12-. The van der Waals surface area contributed by atoms with Gasteiger partial charge in [0.05, 0.1) is 18.4 Å². The topological polar surface area (TPSA) is 62.7 Å². The molecule has 0 fully saturated rings. The van der Waals surface area contributed by atoms with Crippen molar-refractivity contribution in [3.05, 3.63) is 85.7 Å². The lowest BCUT2D eigenvalue weighted by Gasteiger charge is -2.10. The van der Waals surface area contributed by atoms with Gasteiger partial charge in [-0.25, -0.2) is 5.43 Å². The molecule has 29 heavy (non-hydrogen) atoms. The Morgan fingerprint density at radius 3 is 2.34 bits per heavy atom. The number of halogens is 3. The van der Waals surface area contributed by atoms with Crippen LogP contribution in [0.15, 0.2) is 85.2 Å². The van der Waals surface area contributed by atoms with Gasteiger partial charge in [0, 0.05) is 13.4 Å². The monoisotopic (exact) mass is 579 g/mol. The molecule has 0 aliphatic rings. The fraction of sp³-hybridized carbons (Fsp3) is 0.0476. The number of hydrogen-bond donors (Lipinski definition) is 2. The van der Waals surface area contributed by atoms with Gasteiger partial charge in [-0.3, -0.25) is 4.79 Å². The first-order chi connectivity index (χ1) is 14.0. The van der Waals surface area contributed by atoms with E-state index in [0.717, 1.165) is 30.4 Å². The van der Waals surface area contributed by atoms with E-state index >= 15 is 0 Å². The van der Waals surface area contributed by atoms with Crippen molar-refractivity contribution in [3.8, 4) is 11.5 Å². The van der Waals surface area contributed by atoms with Gasteiger partial charge in [-0.05, 0) is 73.8 Å². The summed E-state index contributed by atoms with van der Waals surface area (Å²) in [5.41, 5.74) is 4.11. The van der Waals surface area contributed by atoms with Crippen LogP contribution >= 0.6 is 47.8 Å². The summed E-state index contributed by atoms with van der Waals surface area (Å²) in [7, 11) is 0. The van der Waals surface area contributed by atoms with Crippen molar-refractivity contribution < 1.29 is 9.53 Å². The molecular formula is C21H16Br3N3O2. The number of rotatable bonds is 7. The highest BCUT2D eigenvalue weighted by Crippen LogP contribution is 2.34. The number of carbonyl (C=O) groups excluding carboxylic acids is 1. The summed E-state index contributed by atoms with van der Waals surface area (Å²) in [5, 5.41) is 7.08. The minimum absolute atomic E-state index is 0.0767. The third-order valence-electron chi connectivity index (χ3n) is 3.67. The van der Waals surface area contributed by atoms with E-state index < -0.39 is 0 Å². The van der Waals surface area contributed by atoms with Crippen LogP contribution < -0.4 is 15.5 Å². The van der Waals surface area contributed by atoms with E-state index in [2.05, 4.69) is 63.6 Å². The Morgan fingerprint density at radius 1 is 0.931 bits per heavy atom. The summed E-state index contributed by atoms with van der Waals surface area (Å²) < 4.78 is 8.40. The lowest BCUT2D eigenvalue weighted by molar-refractivity contribution is -0.119. The van der Waals surface area contributed by atoms with Crippen molar-refractivity contribution in [1.82, 2.24) is 5.43 Å². The number of hydrogen-bond acceptors (Lipinski definition) is 4. The van der Waals surface area contributed by atoms with Gasteiger partial charge >= 0.3 is 0 Å². The molecule has 3 aromatic carbocycles. The molecule has 1 amide bonds. The van der Waals surface area contributed by atoms with Gasteiger partial charge in [-0.2, -0.15) is 5.10 Å². The molecule has 0 saturated heterocycles. The summed E-state index contributed by atoms with van der Waals surface area (Å²) >= 11 is 10.3. The van der Waals surface area contributed by atoms with Crippen LogP contribution in [0.5, 0.6) is 11.5 Å². The molecule has 0 atom stereocenters. The third-order valence-corrected chi connectivity index (χ3v) is 5.38. The van der Waals surface area contributed by atoms with E-state index in [0.29, 0.717) is 5.75 Å². The van der Waals surface area contributed by atoms with E-state index in [1.165, 1.54) is 0 Å². The maximum atomic E-state index is 12.1. The summed E-state index contributed by atoms with van der Waals surface area (Å²) in [5.74, 6) is 1.18. The Hall–Kier alpha value is -2.16. The highest BCUT2D eigenvalue weighted by atomic mass is 79.9. The first-order valence-electron chi connectivity index (χ1n) is 8.54. The Kier molecular flexibility index (Phi) is 7.85. The van der Waals surface area contributed by atoms with Crippen molar-refractivity contribution in [2.24, 2.45) is 5.10 Å². The van der Waals surface area contributed by atoms with Crippen LogP contribution in [-0.2, 0) is 4.79 Å². The molecule has 8 heteroatoms. The molecule has 0 aromatic heterocycles. The van der Waals surface area contributed by atoms with Gasteiger partial charge in [0.1, 0.15) is 11.5 Å². The Labute approximate surface area is 193 Å². The van der Waals surface area contributed by atoms with Crippen LogP contribution in [0.3, 0.4) is 0 Å². The zero-order valence-corrected chi connectivity index (χ0v) is 19.8. The average molecular weight is 582 g/mol. The number of para-hydroxylation sites is 1. The smallest absolute Gasteiger partial charge is 0.259 e. The first-order valence-corrected chi connectivity index (χ1v) is 10.9. The Balaban J connectivity index is 1.53. The number of amides is 1. The molecule has 3 aromatic rings. The van der Waals surface area contributed by atoms with Gasteiger partial charge in [0.2, 0.25) is 0 Å². The lowest BCUT2D eigenvalue weighted by Crippen LogP contribution is -2.26. The summed E-state index contributed by atoms with van der Waals surface area (Å²) in [4.78, 5) is 12.1. The minimum atomic E-state index is -0.264. The minimum Gasteiger partial charge on any atom is -0.457 e. The van der Waals surface area contributed by atoms with Crippen molar-refractivity contribution in [2.45, 2.75) is 0 Å². The maximum absolute atomic E-state index is 12.1. The predicted octanol–water partition coefficient (Wildman–Crippen LogP) is 6.33. The molecule has 0 saturated carbocycles. The van der Waals surface area contributed by atoms with Crippen LogP contribution in [0, 0.1) is 0 Å². The van der Waals surface area contributed by atoms with Crippen LogP contribution in [0.2, 0.25) is 0 Å². The Morgan fingerprint density at radius 2 is 1.62 bits per heavy atom. The van der Waals surface area contributed by atoms with Crippen LogP contribution in [-0.4, -0.2) is 18.7 Å². The van der Waals surface area contributed by atoms with E-state index in [9.17, 15) is 4.79 Å². The van der Waals surface area contributed by atoms with Crippen LogP contribution in [0.1, 0.15) is 5.56 Å². The molecule has 0 aliphatic heterocycles. The van der Waals surface area contributed by atoms with Crippen molar-refractivity contribution in [2.75, 3.05) is 11.9 Å². The first kappa shape index (κ1) is 21.5. The third kappa shape index (κ3) is 6.69. The zero-order valence-electron chi connectivity index (χ0n) is 15.0. The van der Waals surface area contributed by atoms with E-state index in [4.69, 9.17) is 4.74 Å². The largest absolute Gasteiger partial charge is 0.457 e. The summed E-state index contributed by atoms with van der Waals surface area (Å²) in [6.07, 6.45) is 1.57. The number of nitrogens with one attached hydrogen (secondary N) is 2. The molecule has 0 radical (unpaired) electrons. The highest BCUT2D eigenvalue weighted by Gasteiger charge is 2.08. The normalized spacial score (nSPS) is 10.7.